The molecule has 0 fully saturated rings. The first kappa shape index (κ1) is 21.3. The van der Waals surface area contributed by atoms with Crippen LogP contribution in [0.15, 0.2) is 48.5 Å². The van der Waals surface area contributed by atoms with Gasteiger partial charge in [0, 0.05) is 0 Å². The van der Waals surface area contributed by atoms with Crippen molar-refractivity contribution in [3.05, 3.63) is 68.8 Å². The standard InChI is InChI=1S/2C6H4NO2.2C4H9.Sn/c2*8-7(9)6-4-2-1-3-5-6;2*1-3-4-2;/h2*2-5H;2*1,3-4H2,2H3;. The summed E-state index contributed by atoms with van der Waals surface area (Å²) < 4.78 is 4.71. The summed E-state index contributed by atoms with van der Waals surface area (Å²) >= 11 is -3.10. The Bertz CT molecular complexity index is 708. The molecular weight excluding hydrogens is 451 g/mol. The Balaban J connectivity index is 2.56. The molecule has 2 aromatic rings. The van der Waals surface area contributed by atoms with Gasteiger partial charge in [-0.2, -0.15) is 0 Å². The second kappa shape index (κ2) is 9.82. The summed E-state index contributed by atoms with van der Waals surface area (Å²) in [4.78, 5) is 21.3. The van der Waals surface area contributed by atoms with Crippen LogP contribution in [0, 0.1) is 20.2 Å². The molecule has 2 aromatic carbocycles. The molecule has 0 aliphatic rings. The Morgan fingerprint density at radius 3 is 1.30 bits per heavy atom. The molecule has 6 nitrogen and oxygen atoms in total. The Kier molecular flexibility index (Phi) is 7.76. The van der Waals surface area contributed by atoms with Crippen molar-refractivity contribution in [1.82, 2.24) is 0 Å². The quantitative estimate of drug-likeness (QED) is 0.283. The molecule has 0 amide bonds. The van der Waals surface area contributed by atoms with E-state index in [1.807, 2.05) is 24.3 Å². The van der Waals surface area contributed by atoms with E-state index in [0.717, 1.165) is 34.6 Å². The third kappa shape index (κ3) is 5.06. The molecule has 27 heavy (non-hydrogen) atoms. The van der Waals surface area contributed by atoms with E-state index in [1.54, 1.807) is 24.3 Å². The van der Waals surface area contributed by atoms with Crippen LogP contribution in [0.25, 0.3) is 0 Å². The molecule has 0 bridgehead atoms. The van der Waals surface area contributed by atoms with Gasteiger partial charge in [-0.3, -0.25) is 0 Å². The summed E-state index contributed by atoms with van der Waals surface area (Å²) in [5.41, 5.74) is 0.210. The molecule has 0 radical (unpaired) electrons. The number of nitro benzene ring substituents is 2. The molecular formula is C20H26N2O4Sn. The van der Waals surface area contributed by atoms with E-state index in [2.05, 4.69) is 13.8 Å². The van der Waals surface area contributed by atoms with Crippen molar-refractivity contribution in [3.63, 3.8) is 0 Å². The molecule has 0 unspecified atom stereocenters. The summed E-state index contributed by atoms with van der Waals surface area (Å²) in [5.74, 6) is 0. The summed E-state index contributed by atoms with van der Waals surface area (Å²) in [6, 6.07) is 14.1. The number of non-ortho nitro benzene ring substituents is 2. The van der Waals surface area contributed by atoms with E-state index in [-0.39, 0.29) is 21.2 Å². The SMILES string of the molecule is CCC[CH2][Sn]([CH2]CCC)([c]1ccc([N+](=O)[O-])cc1)[c]1ccc([N+](=O)[O-])cc1. The monoisotopic (exact) mass is 478 g/mol. The maximum atomic E-state index is 11.0. The third-order valence-electron chi connectivity index (χ3n) is 5.18. The van der Waals surface area contributed by atoms with Gasteiger partial charge in [-0.05, 0) is 0 Å². The molecule has 0 saturated heterocycles. The average Bonchev–Trinajstić information content (AvgIpc) is 2.69. The first-order valence-corrected chi connectivity index (χ1v) is 16.3. The zero-order valence-electron chi connectivity index (χ0n) is 15.9. The van der Waals surface area contributed by atoms with Gasteiger partial charge in [0.2, 0.25) is 0 Å². The van der Waals surface area contributed by atoms with E-state index >= 15 is 0 Å². The van der Waals surface area contributed by atoms with Crippen molar-refractivity contribution < 1.29 is 9.85 Å². The summed E-state index contributed by atoms with van der Waals surface area (Å²) in [7, 11) is 0. The van der Waals surface area contributed by atoms with Crippen LogP contribution in [0.5, 0.6) is 0 Å². The minimum absolute atomic E-state index is 0.105. The van der Waals surface area contributed by atoms with Crippen LogP contribution in [-0.2, 0) is 0 Å². The average molecular weight is 477 g/mol. The Labute approximate surface area is 163 Å². The fraction of sp³-hybridized carbons (Fsp3) is 0.400. The van der Waals surface area contributed by atoms with E-state index in [9.17, 15) is 20.2 Å². The number of unbranched alkanes of at least 4 members (excludes halogenated alkanes) is 2. The van der Waals surface area contributed by atoms with Crippen LogP contribution in [0.4, 0.5) is 11.4 Å². The number of hydrogen-bond acceptors (Lipinski definition) is 4. The fourth-order valence-corrected chi connectivity index (χ4v) is 18.6. The topological polar surface area (TPSA) is 86.3 Å². The van der Waals surface area contributed by atoms with Gasteiger partial charge >= 0.3 is 164 Å². The van der Waals surface area contributed by atoms with Crippen molar-refractivity contribution in [2.45, 2.75) is 48.4 Å². The number of rotatable bonds is 10. The van der Waals surface area contributed by atoms with Crippen molar-refractivity contribution in [2.75, 3.05) is 0 Å². The van der Waals surface area contributed by atoms with Crippen molar-refractivity contribution >= 4 is 36.9 Å². The zero-order chi connectivity index (χ0) is 19.9. The molecule has 0 aromatic heterocycles. The number of nitrogens with zero attached hydrogens (tertiary/aromatic N) is 2. The number of nitro groups is 2. The molecule has 0 aliphatic carbocycles. The molecule has 0 atom stereocenters. The molecule has 0 aliphatic heterocycles. The summed E-state index contributed by atoms with van der Waals surface area (Å²) in [6.07, 6.45) is 4.39. The molecule has 144 valence electrons. The molecule has 7 heteroatoms. The van der Waals surface area contributed by atoms with E-state index in [4.69, 9.17) is 0 Å². The molecule has 0 N–H and O–H groups in total. The van der Waals surface area contributed by atoms with Crippen LogP contribution in [0.3, 0.4) is 0 Å². The van der Waals surface area contributed by atoms with Gasteiger partial charge in [-0.25, -0.2) is 0 Å². The van der Waals surface area contributed by atoms with Crippen LogP contribution in [-0.4, -0.2) is 28.2 Å². The molecule has 0 spiro atoms. The predicted octanol–water partition coefficient (Wildman–Crippen LogP) is 4.67. The molecule has 2 rings (SSSR count). The van der Waals surface area contributed by atoms with Gasteiger partial charge in [0.1, 0.15) is 0 Å². The zero-order valence-corrected chi connectivity index (χ0v) is 18.7. The van der Waals surface area contributed by atoms with Gasteiger partial charge < -0.3 is 0 Å². The second-order valence-electron chi connectivity index (χ2n) is 6.90. The summed E-state index contributed by atoms with van der Waals surface area (Å²) in [6.45, 7) is 4.34. The first-order chi connectivity index (χ1) is 12.9. The summed E-state index contributed by atoms with van der Waals surface area (Å²) in [5, 5.41) is 22.1. The first-order valence-electron chi connectivity index (χ1n) is 9.44. The van der Waals surface area contributed by atoms with Gasteiger partial charge in [0.05, 0.1) is 0 Å². The van der Waals surface area contributed by atoms with E-state index in [0.29, 0.717) is 0 Å². The van der Waals surface area contributed by atoms with Crippen molar-refractivity contribution in [3.8, 4) is 0 Å². The van der Waals surface area contributed by atoms with Crippen LogP contribution in [0.2, 0.25) is 8.87 Å². The van der Waals surface area contributed by atoms with E-state index in [1.165, 1.54) is 7.16 Å². The van der Waals surface area contributed by atoms with Crippen molar-refractivity contribution in [2.24, 2.45) is 0 Å². The van der Waals surface area contributed by atoms with Crippen LogP contribution >= 0.6 is 0 Å². The Morgan fingerprint density at radius 2 is 1.04 bits per heavy atom. The van der Waals surface area contributed by atoms with Gasteiger partial charge in [-0.15, -0.1) is 0 Å². The Morgan fingerprint density at radius 1 is 0.704 bits per heavy atom. The molecule has 0 heterocycles. The molecule has 0 saturated carbocycles. The maximum absolute atomic E-state index is 11.0. The van der Waals surface area contributed by atoms with Crippen LogP contribution in [0.1, 0.15) is 39.5 Å². The van der Waals surface area contributed by atoms with Gasteiger partial charge in [0.25, 0.3) is 0 Å². The van der Waals surface area contributed by atoms with E-state index < -0.39 is 18.4 Å². The Hall–Kier alpha value is -1.96. The fourth-order valence-electron chi connectivity index (χ4n) is 3.63. The van der Waals surface area contributed by atoms with Gasteiger partial charge in [0.15, 0.2) is 0 Å². The predicted molar refractivity (Wildman–Crippen MR) is 111 cm³/mol. The second-order valence-corrected chi connectivity index (χ2v) is 19.2. The van der Waals surface area contributed by atoms with Crippen molar-refractivity contribution in [1.29, 1.82) is 0 Å². The van der Waals surface area contributed by atoms with Crippen LogP contribution < -0.4 is 7.16 Å². The minimum atomic E-state index is -3.10. The number of hydrogen-bond donors (Lipinski definition) is 0. The normalized spacial score (nSPS) is 11.3. The third-order valence-corrected chi connectivity index (χ3v) is 20.3. The van der Waals surface area contributed by atoms with Gasteiger partial charge in [-0.1, -0.05) is 0 Å². The number of benzene rings is 2.